The quantitative estimate of drug-likeness (QED) is 0.711. The van der Waals surface area contributed by atoms with Gasteiger partial charge in [-0.2, -0.15) is 0 Å². The van der Waals surface area contributed by atoms with Crippen LogP contribution in [-0.4, -0.2) is 9.96 Å². The summed E-state index contributed by atoms with van der Waals surface area (Å²) in [5, 5.41) is 0. The number of benzene rings is 2. The van der Waals surface area contributed by atoms with Crippen LogP contribution in [0.3, 0.4) is 0 Å². The van der Waals surface area contributed by atoms with Crippen molar-refractivity contribution < 1.29 is 4.21 Å². The van der Waals surface area contributed by atoms with E-state index in [2.05, 4.69) is 62.4 Å². The smallest absolute Gasteiger partial charge is 0.0967 e. The van der Waals surface area contributed by atoms with Gasteiger partial charge in [0.25, 0.3) is 0 Å². The van der Waals surface area contributed by atoms with E-state index < -0.39 is 10.8 Å². The molecule has 1 aliphatic carbocycles. The van der Waals surface area contributed by atoms with Gasteiger partial charge in [0, 0.05) is 16.6 Å². The van der Waals surface area contributed by atoms with E-state index in [-0.39, 0.29) is 4.75 Å². The molecule has 3 rings (SSSR count). The predicted octanol–water partition coefficient (Wildman–Crippen LogP) is 5.26. The minimum Gasteiger partial charge on any atom is -0.258 e. The van der Waals surface area contributed by atoms with Crippen molar-refractivity contribution >= 4 is 10.8 Å². The summed E-state index contributed by atoms with van der Waals surface area (Å²) in [7, 11) is -0.876. The first-order chi connectivity index (χ1) is 10.8. The van der Waals surface area contributed by atoms with Gasteiger partial charge in [-0.15, -0.1) is 0 Å². The Morgan fingerprint density at radius 2 is 1.41 bits per heavy atom. The molecule has 0 N–H and O–H groups in total. The molecular weight excluding hydrogens is 288 g/mol. The molecule has 0 aliphatic heterocycles. The van der Waals surface area contributed by atoms with Crippen molar-refractivity contribution in [2.75, 3.05) is 5.75 Å². The molecule has 0 amide bonds. The van der Waals surface area contributed by atoms with Crippen molar-refractivity contribution in [3.63, 3.8) is 0 Å². The first-order valence-electron chi connectivity index (χ1n) is 8.33. The highest BCUT2D eigenvalue weighted by molar-refractivity contribution is 7.86. The average molecular weight is 312 g/mol. The molecule has 0 saturated carbocycles. The van der Waals surface area contributed by atoms with E-state index in [1.54, 1.807) is 0 Å². The van der Waals surface area contributed by atoms with Crippen LogP contribution in [0.1, 0.15) is 50.7 Å². The van der Waals surface area contributed by atoms with E-state index in [4.69, 9.17) is 0 Å². The average Bonchev–Trinajstić information content (AvgIpc) is 2.85. The summed E-state index contributed by atoms with van der Waals surface area (Å²) in [6, 6.07) is 17.1. The lowest BCUT2D eigenvalue weighted by Gasteiger charge is -2.31. The zero-order chi connectivity index (χ0) is 15.6. The van der Waals surface area contributed by atoms with Gasteiger partial charge < -0.3 is 0 Å². The van der Waals surface area contributed by atoms with Gasteiger partial charge in [0.1, 0.15) is 0 Å². The standard InChI is InChI=1S/C20H24OS/c1-3-5-15-22(21)20(14-4-2)18-12-8-6-10-16(18)17-11-7-9-13-19(17)20/h6-13H,3-5,14-15H2,1-2H3. The molecule has 0 heterocycles. The minimum atomic E-state index is -0.876. The highest BCUT2D eigenvalue weighted by Crippen LogP contribution is 2.53. The molecule has 2 aromatic rings. The van der Waals surface area contributed by atoms with Crippen LogP contribution in [0.15, 0.2) is 48.5 Å². The van der Waals surface area contributed by atoms with Crippen LogP contribution >= 0.6 is 0 Å². The fourth-order valence-electron chi connectivity index (χ4n) is 3.72. The molecule has 0 aromatic heterocycles. The fourth-order valence-corrected chi connectivity index (χ4v) is 5.89. The van der Waals surface area contributed by atoms with Crippen molar-refractivity contribution in [1.82, 2.24) is 0 Å². The molecule has 0 spiro atoms. The van der Waals surface area contributed by atoms with Gasteiger partial charge in [-0.1, -0.05) is 75.2 Å². The fraction of sp³-hybridized carbons (Fsp3) is 0.400. The lowest BCUT2D eigenvalue weighted by molar-refractivity contribution is 0.601. The molecule has 2 aromatic carbocycles. The Balaban J connectivity index is 2.22. The zero-order valence-corrected chi connectivity index (χ0v) is 14.3. The van der Waals surface area contributed by atoms with Crippen LogP contribution in [-0.2, 0) is 15.5 Å². The maximum Gasteiger partial charge on any atom is 0.0967 e. The van der Waals surface area contributed by atoms with Crippen LogP contribution < -0.4 is 0 Å². The summed E-state index contributed by atoms with van der Waals surface area (Å²) in [6.07, 6.45) is 4.12. The van der Waals surface area contributed by atoms with Crippen molar-refractivity contribution in [3.05, 3.63) is 59.7 Å². The molecule has 2 heteroatoms. The molecule has 0 fully saturated rings. The van der Waals surface area contributed by atoms with Gasteiger partial charge in [0.05, 0.1) is 4.75 Å². The van der Waals surface area contributed by atoms with E-state index >= 15 is 0 Å². The van der Waals surface area contributed by atoms with Gasteiger partial charge in [-0.05, 0) is 35.1 Å². The number of unbranched alkanes of at least 4 members (excludes halogenated alkanes) is 1. The van der Waals surface area contributed by atoms with Crippen LogP contribution in [0.25, 0.3) is 11.1 Å². The Hall–Kier alpha value is -1.41. The second-order valence-corrected chi connectivity index (χ2v) is 7.87. The van der Waals surface area contributed by atoms with Gasteiger partial charge in [0.2, 0.25) is 0 Å². The van der Waals surface area contributed by atoms with Gasteiger partial charge in [-0.3, -0.25) is 4.21 Å². The molecule has 1 nitrogen and oxygen atoms in total. The minimum absolute atomic E-state index is 0.308. The summed E-state index contributed by atoms with van der Waals surface area (Å²) in [5.74, 6) is 0.791. The summed E-state index contributed by atoms with van der Waals surface area (Å²) in [6.45, 7) is 4.36. The maximum absolute atomic E-state index is 13.4. The van der Waals surface area contributed by atoms with Gasteiger partial charge in [0.15, 0.2) is 0 Å². The van der Waals surface area contributed by atoms with Crippen LogP contribution in [0, 0.1) is 0 Å². The van der Waals surface area contributed by atoms with E-state index in [1.807, 2.05) is 0 Å². The van der Waals surface area contributed by atoms with Crippen molar-refractivity contribution in [2.45, 2.75) is 44.3 Å². The maximum atomic E-state index is 13.4. The first-order valence-corrected chi connectivity index (χ1v) is 9.65. The lowest BCUT2D eigenvalue weighted by atomic mass is 9.91. The second-order valence-electron chi connectivity index (χ2n) is 6.07. The molecular formula is C20H24OS. The topological polar surface area (TPSA) is 17.1 Å². The second kappa shape index (κ2) is 6.37. The predicted molar refractivity (Wildman–Crippen MR) is 95.5 cm³/mol. The number of rotatable bonds is 6. The monoisotopic (exact) mass is 312 g/mol. The third-order valence-electron chi connectivity index (χ3n) is 4.69. The molecule has 1 atom stereocenters. The summed E-state index contributed by atoms with van der Waals surface area (Å²) in [4.78, 5) is 0. The Labute approximate surface area is 136 Å². The highest BCUT2D eigenvalue weighted by atomic mass is 32.2. The molecule has 1 aliphatic rings. The third-order valence-corrected chi connectivity index (χ3v) is 6.77. The number of fused-ring (bicyclic) bond motifs is 3. The van der Waals surface area contributed by atoms with Crippen LogP contribution in [0.2, 0.25) is 0 Å². The molecule has 0 saturated heterocycles. The van der Waals surface area contributed by atoms with Crippen LogP contribution in [0.4, 0.5) is 0 Å². The van der Waals surface area contributed by atoms with Crippen molar-refractivity contribution in [1.29, 1.82) is 0 Å². The van der Waals surface area contributed by atoms with E-state index in [0.29, 0.717) is 0 Å². The Morgan fingerprint density at radius 1 is 0.864 bits per heavy atom. The van der Waals surface area contributed by atoms with Crippen molar-refractivity contribution in [2.24, 2.45) is 0 Å². The molecule has 0 radical (unpaired) electrons. The molecule has 1 unspecified atom stereocenters. The van der Waals surface area contributed by atoms with Gasteiger partial charge >= 0.3 is 0 Å². The van der Waals surface area contributed by atoms with Gasteiger partial charge in [-0.25, -0.2) is 0 Å². The largest absolute Gasteiger partial charge is 0.258 e. The lowest BCUT2D eigenvalue weighted by Crippen LogP contribution is -2.32. The Bertz CT molecular complexity index is 644. The normalized spacial score (nSPS) is 16.1. The highest BCUT2D eigenvalue weighted by Gasteiger charge is 2.46. The molecule has 22 heavy (non-hydrogen) atoms. The SMILES string of the molecule is CCCCS(=O)C1(CCC)c2ccccc2-c2ccccc21. The van der Waals surface area contributed by atoms with Crippen molar-refractivity contribution in [3.8, 4) is 11.1 Å². The Kier molecular flexibility index (Phi) is 4.49. The molecule has 0 bridgehead atoms. The number of hydrogen-bond donors (Lipinski definition) is 0. The van der Waals surface area contributed by atoms with E-state index in [9.17, 15) is 4.21 Å². The Morgan fingerprint density at radius 3 is 1.91 bits per heavy atom. The van der Waals surface area contributed by atoms with E-state index in [0.717, 1.165) is 31.4 Å². The van der Waals surface area contributed by atoms with Crippen LogP contribution in [0.5, 0.6) is 0 Å². The molecule has 116 valence electrons. The summed E-state index contributed by atoms with van der Waals surface area (Å²) < 4.78 is 13.0. The number of hydrogen-bond acceptors (Lipinski definition) is 1. The van der Waals surface area contributed by atoms with E-state index in [1.165, 1.54) is 22.3 Å². The summed E-state index contributed by atoms with van der Waals surface area (Å²) in [5.41, 5.74) is 5.09. The zero-order valence-electron chi connectivity index (χ0n) is 13.5. The third kappa shape index (κ3) is 2.25. The first kappa shape index (κ1) is 15.5. The summed E-state index contributed by atoms with van der Waals surface area (Å²) >= 11 is 0.